The highest BCUT2D eigenvalue weighted by molar-refractivity contribution is 7.89. The summed E-state index contributed by atoms with van der Waals surface area (Å²) in [4.78, 5) is 23.5. The number of anilines is 1. The van der Waals surface area contributed by atoms with Gasteiger partial charge in [0.15, 0.2) is 5.75 Å². The first-order valence-corrected chi connectivity index (χ1v) is 11.5. The van der Waals surface area contributed by atoms with Crippen molar-refractivity contribution in [3.63, 3.8) is 0 Å². The number of rotatable bonds is 7. The second-order valence-corrected chi connectivity index (χ2v) is 9.18. The Morgan fingerprint density at radius 2 is 1.87 bits per heavy atom. The maximum Gasteiger partial charge on any atom is 0.311 e. The number of nitrogens with zero attached hydrogens (tertiary/aromatic N) is 2. The van der Waals surface area contributed by atoms with Gasteiger partial charge in [0.25, 0.3) is 5.91 Å². The average Bonchev–Trinajstić information content (AvgIpc) is 2.76. The summed E-state index contributed by atoms with van der Waals surface area (Å²) in [5, 5.41) is 13.9. The molecule has 2 aromatic rings. The van der Waals surface area contributed by atoms with E-state index in [0.717, 1.165) is 25.3 Å². The monoisotopic (exact) mass is 447 g/mol. The quantitative estimate of drug-likeness (QED) is 0.510. The number of aryl methyl sites for hydroxylation is 1. The van der Waals surface area contributed by atoms with E-state index in [1.807, 2.05) is 0 Å². The normalized spacial score (nSPS) is 14.8. The molecule has 2 aromatic carbocycles. The molecule has 0 spiro atoms. The third-order valence-electron chi connectivity index (χ3n) is 5.10. The lowest BCUT2D eigenvalue weighted by atomic mass is 10.1. The topological polar surface area (TPSA) is 119 Å². The summed E-state index contributed by atoms with van der Waals surface area (Å²) in [6, 6.07) is 8.60. The molecule has 0 radical (unpaired) electrons. The molecule has 31 heavy (non-hydrogen) atoms. The fourth-order valence-electron chi connectivity index (χ4n) is 3.48. The van der Waals surface area contributed by atoms with E-state index in [1.165, 1.54) is 22.5 Å². The van der Waals surface area contributed by atoms with E-state index >= 15 is 0 Å². The number of amides is 1. The lowest BCUT2D eigenvalue weighted by Gasteiger charge is -2.26. The number of nitro benzene ring substituents is 1. The van der Waals surface area contributed by atoms with E-state index < -0.39 is 20.9 Å². The van der Waals surface area contributed by atoms with E-state index in [1.54, 1.807) is 26.0 Å². The summed E-state index contributed by atoms with van der Waals surface area (Å²) in [5.41, 5.74) is 0.630. The van der Waals surface area contributed by atoms with Gasteiger partial charge in [0, 0.05) is 30.4 Å². The molecule has 1 heterocycles. The summed E-state index contributed by atoms with van der Waals surface area (Å²) < 4.78 is 32.8. The van der Waals surface area contributed by atoms with Gasteiger partial charge in [-0.2, -0.15) is 4.31 Å². The Labute approximate surface area is 181 Å². The molecule has 0 aliphatic carbocycles. The number of carbonyl (C=O) groups is 1. The van der Waals surface area contributed by atoms with Crippen molar-refractivity contribution in [2.24, 2.45) is 0 Å². The van der Waals surface area contributed by atoms with E-state index in [-0.39, 0.29) is 28.5 Å². The number of hydrogen-bond acceptors (Lipinski definition) is 6. The zero-order valence-corrected chi connectivity index (χ0v) is 18.3. The molecule has 0 saturated carbocycles. The highest BCUT2D eigenvalue weighted by Gasteiger charge is 2.28. The Morgan fingerprint density at radius 1 is 1.16 bits per heavy atom. The van der Waals surface area contributed by atoms with Crippen molar-refractivity contribution in [3.8, 4) is 5.75 Å². The third-order valence-corrected chi connectivity index (χ3v) is 7.14. The summed E-state index contributed by atoms with van der Waals surface area (Å²) >= 11 is 0. The molecule has 10 heteroatoms. The molecule has 166 valence electrons. The van der Waals surface area contributed by atoms with Crippen LogP contribution in [-0.4, -0.2) is 43.2 Å². The predicted molar refractivity (Wildman–Crippen MR) is 116 cm³/mol. The van der Waals surface area contributed by atoms with Crippen LogP contribution in [0, 0.1) is 17.0 Å². The van der Waals surface area contributed by atoms with Crippen LogP contribution in [0.1, 0.15) is 42.1 Å². The minimum atomic E-state index is -3.67. The van der Waals surface area contributed by atoms with Crippen LogP contribution >= 0.6 is 0 Å². The van der Waals surface area contributed by atoms with Gasteiger partial charge in [-0.15, -0.1) is 0 Å². The van der Waals surface area contributed by atoms with Gasteiger partial charge in [0.05, 0.1) is 16.4 Å². The zero-order valence-electron chi connectivity index (χ0n) is 17.5. The molecule has 1 saturated heterocycles. The van der Waals surface area contributed by atoms with Gasteiger partial charge in [0.1, 0.15) is 0 Å². The van der Waals surface area contributed by atoms with Crippen LogP contribution in [0.25, 0.3) is 0 Å². The number of ether oxygens (including phenoxy) is 1. The fraction of sp³-hybridized carbons (Fsp3) is 0.381. The van der Waals surface area contributed by atoms with E-state index in [9.17, 15) is 23.3 Å². The Morgan fingerprint density at radius 3 is 2.52 bits per heavy atom. The molecule has 0 atom stereocenters. The Kier molecular flexibility index (Phi) is 6.91. The van der Waals surface area contributed by atoms with Gasteiger partial charge in [-0.3, -0.25) is 14.9 Å². The number of carbonyl (C=O) groups excluding carboxylic acids is 1. The molecule has 3 rings (SSSR count). The molecular formula is C21H25N3O6S. The minimum Gasteiger partial charge on any atom is -0.487 e. The highest BCUT2D eigenvalue weighted by Crippen LogP contribution is 2.29. The fourth-order valence-corrected chi connectivity index (χ4v) is 5.25. The first kappa shape index (κ1) is 22.7. The zero-order chi connectivity index (χ0) is 22.6. The molecular weight excluding hydrogens is 422 g/mol. The first-order valence-electron chi connectivity index (χ1n) is 10.1. The lowest BCUT2D eigenvalue weighted by molar-refractivity contribution is -0.385. The van der Waals surface area contributed by atoms with Crippen LogP contribution in [0.3, 0.4) is 0 Å². The van der Waals surface area contributed by atoms with Crippen LogP contribution < -0.4 is 10.1 Å². The molecule has 1 aliphatic rings. The van der Waals surface area contributed by atoms with Crippen molar-refractivity contribution < 1.29 is 22.9 Å². The van der Waals surface area contributed by atoms with E-state index in [4.69, 9.17) is 4.74 Å². The summed E-state index contributed by atoms with van der Waals surface area (Å²) in [7, 11) is -3.67. The molecule has 0 aromatic heterocycles. The number of nitrogens with one attached hydrogen (secondary N) is 1. The Bertz CT molecular complexity index is 1090. The summed E-state index contributed by atoms with van der Waals surface area (Å²) in [6.07, 6.45) is 2.66. The van der Waals surface area contributed by atoms with Crippen LogP contribution in [0.4, 0.5) is 11.4 Å². The van der Waals surface area contributed by atoms with E-state index in [2.05, 4.69) is 5.32 Å². The molecule has 0 bridgehead atoms. The molecule has 1 amide bonds. The number of sulfonamides is 1. The number of nitro groups is 1. The summed E-state index contributed by atoms with van der Waals surface area (Å²) in [6.45, 7) is 4.63. The van der Waals surface area contributed by atoms with Gasteiger partial charge >= 0.3 is 5.69 Å². The van der Waals surface area contributed by atoms with Crippen molar-refractivity contribution in [3.05, 3.63) is 57.6 Å². The lowest BCUT2D eigenvalue weighted by Crippen LogP contribution is -2.36. The standard InChI is InChI=1S/C21H25N3O6S/c1-3-30-19-10-8-16(13-18(19)24(26)27)21(25)22-17-9-7-15(2)20(14-17)31(28,29)23-11-5-4-6-12-23/h7-10,13-14H,3-6,11-12H2,1-2H3,(H,22,25). The van der Waals surface area contributed by atoms with Crippen molar-refractivity contribution >= 4 is 27.3 Å². The number of hydrogen-bond donors (Lipinski definition) is 1. The second-order valence-electron chi connectivity index (χ2n) is 7.27. The van der Waals surface area contributed by atoms with Crippen LogP contribution in [0.15, 0.2) is 41.3 Å². The predicted octanol–water partition coefficient (Wildman–Crippen LogP) is 3.73. The van der Waals surface area contributed by atoms with E-state index in [0.29, 0.717) is 24.3 Å². The van der Waals surface area contributed by atoms with Gasteiger partial charge in [0.2, 0.25) is 10.0 Å². The van der Waals surface area contributed by atoms with Crippen molar-refractivity contribution in [2.75, 3.05) is 25.0 Å². The second kappa shape index (κ2) is 9.44. The molecule has 1 aliphatic heterocycles. The Hall–Kier alpha value is -2.98. The SMILES string of the molecule is CCOc1ccc(C(=O)Nc2ccc(C)c(S(=O)(=O)N3CCCCC3)c2)cc1[N+](=O)[O-]. The smallest absolute Gasteiger partial charge is 0.311 e. The van der Waals surface area contributed by atoms with Crippen LogP contribution in [-0.2, 0) is 10.0 Å². The molecule has 0 unspecified atom stereocenters. The third kappa shape index (κ3) is 5.02. The van der Waals surface area contributed by atoms with Crippen molar-refractivity contribution in [2.45, 2.75) is 38.0 Å². The summed E-state index contributed by atoms with van der Waals surface area (Å²) in [5.74, 6) is -0.509. The average molecular weight is 448 g/mol. The molecule has 1 fully saturated rings. The number of benzene rings is 2. The van der Waals surface area contributed by atoms with Gasteiger partial charge in [-0.05, 0) is 56.5 Å². The van der Waals surface area contributed by atoms with Crippen molar-refractivity contribution in [1.82, 2.24) is 4.31 Å². The van der Waals surface area contributed by atoms with Gasteiger partial charge in [-0.1, -0.05) is 12.5 Å². The van der Waals surface area contributed by atoms with Gasteiger partial charge in [-0.25, -0.2) is 8.42 Å². The maximum absolute atomic E-state index is 13.1. The van der Waals surface area contributed by atoms with Crippen LogP contribution in [0.5, 0.6) is 5.75 Å². The van der Waals surface area contributed by atoms with Crippen LogP contribution in [0.2, 0.25) is 0 Å². The Balaban J connectivity index is 1.86. The largest absolute Gasteiger partial charge is 0.487 e. The van der Waals surface area contributed by atoms with Gasteiger partial charge < -0.3 is 10.1 Å². The van der Waals surface area contributed by atoms with Crippen molar-refractivity contribution in [1.29, 1.82) is 0 Å². The molecule has 9 nitrogen and oxygen atoms in total. The highest BCUT2D eigenvalue weighted by atomic mass is 32.2. The molecule has 1 N–H and O–H groups in total. The first-order chi connectivity index (χ1) is 14.7. The number of piperidine rings is 1. The maximum atomic E-state index is 13.1. The minimum absolute atomic E-state index is 0.0659.